The molecule has 0 radical (unpaired) electrons. The molecule has 0 aromatic carbocycles. The summed E-state index contributed by atoms with van der Waals surface area (Å²) in [6.45, 7) is 7.08. The average molecular weight is 198 g/mol. The molecular weight excluding hydrogens is 176 g/mol. The summed E-state index contributed by atoms with van der Waals surface area (Å²) in [5.41, 5.74) is 0. The van der Waals surface area contributed by atoms with Crippen molar-refractivity contribution < 1.29 is 4.79 Å². The van der Waals surface area contributed by atoms with Gasteiger partial charge in [-0.05, 0) is 46.8 Å². The zero-order valence-electron chi connectivity index (χ0n) is 9.79. The van der Waals surface area contributed by atoms with Crippen LogP contribution in [0.5, 0.6) is 0 Å². The van der Waals surface area contributed by atoms with Gasteiger partial charge >= 0.3 is 0 Å². The van der Waals surface area contributed by atoms with Crippen molar-refractivity contribution in [2.75, 3.05) is 33.7 Å². The van der Waals surface area contributed by atoms with Gasteiger partial charge in [-0.2, -0.15) is 0 Å². The Morgan fingerprint density at radius 2 is 2.29 bits per heavy atom. The zero-order chi connectivity index (χ0) is 10.7. The quantitative estimate of drug-likeness (QED) is 0.669. The third kappa shape index (κ3) is 3.07. The summed E-state index contributed by atoms with van der Waals surface area (Å²) < 4.78 is 0. The van der Waals surface area contributed by atoms with Crippen LogP contribution < -0.4 is 0 Å². The third-order valence-corrected chi connectivity index (χ3v) is 3.28. The lowest BCUT2D eigenvalue weighted by Crippen LogP contribution is -2.38. The van der Waals surface area contributed by atoms with Crippen molar-refractivity contribution in [1.82, 2.24) is 9.80 Å². The van der Waals surface area contributed by atoms with E-state index in [-0.39, 0.29) is 11.8 Å². The number of rotatable bonds is 4. The van der Waals surface area contributed by atoms with Gasteiger partial charge in [0.2, 0.25) is 0 Å². The van der Waals surface area contributed by atoms with Gasteiger partial charge in [0.1, 0.15) is 5.78 Å². The molecule has 14 heavy (non-hydrogen) atoms. The van der Waals surface area contributed by atoms with Crippen molar-refractivity contribution in [3.63, 3.8) is 0 Å². The Hall–Kier alpha value is -0.410. The molecule has 3 nitrogen and oxygen atoms in total. The van der Waals surface area contributed by atoms with E-state index >= 15 is 0 Å². The minimum Gasteiger partial charge on any atom is -0.306 e. The van der Waals surface area contributed by atoms with Crippen LogP contribution in [0, 0.1) is 5.92 Å². The van der Waals surface area contributed by atoms with Crippen LogP contribution in [0.4, 0.5) is 0 Å². The average Bonchev–Trinajstić information content (AvgIpc) is 2.49. The molecule has 0 aromatic heterocycles. The fourth-order valence-electron chi connectivity index (χ4n) is 2.05. The molecule has 2 atom stereocenters. The number of ketones is 1. The number of hydrogen-bond donors (Lipinski definition) is 0. The maximum absolute atomic E-state index is 11.2. The Balaban J connectivity index is 2.33. The summed E-state index contributed by atoms with van der Waals surface area (Å²) in [4.78, 5) is 15.7. The summed E-state index contributed by atoms with van der Waals surface area (Å²) in [6, 6.07) is 0.0703. The molecule has 1 heterocycles. The summed E-state index contributed by atoms with van der Waals surface area (Å²) >= 11 is 0. The van der Waals surface area contributed by atoms with Crippen LogP contribution in [-0.2, 0) is 4.79 Å². The smallest absolute Gasteiger partial charge is 0.146 e. The number of likely N-dealkylation sites (tertiary alicyclic amines) is 1. The van der Waals surface area contributed by atoms with E-state index < -0.39 is 0 Å². The molecule has 1 aliphatic rings. The molecule has 1 saturated heterocycles. The lowest BCUT2D eigenvalue weighted by Gasteiger charge is -2.25. The molecule has 0 amide bonds. The molecule has 0 aromatic rings. The lowest BCUT2D eigenvalue weighted by atomic mass is 10.1. The van der Waals surface area contributed by atoms with Gasteiger partial charge in [0.05, 0.1) is 6.04 Å². The predicted octanol–water partition coefficient (Wildman–Crippen LogP) is 0.847. The van der Waals surface area contributed by atoms with E-state index in [0.717, 1.165) is 12.5 Å². The number of nitrogens with zero attached hydrogens (tertiary/aromatic N) is 2. The molecule has 1 aliphatic heterocycles. The van der Waals surface area contributed by atoms with Crippen molar-refractivity contribution in [1.29, 1.82) is 0 Å². The van der Waals surface area contributed by atoms with Crippen molar-refractivity contribution in [2.24, 2.45) is 5.92 Å². The Morgan fingerprint density at radius 1 is 1.64 bits per heavy atom. The van der Waals surface area contributed by atoms with Gasteiger partial charge in [0.25, 0.3) is 0 Å². The number of carbonyl (C=O) groups is 1. The molecule has 3 heteroatoms. The second-order valence-corrected chi connectivity index (χ2v) is 4.64. The maximum atomic E-state index is 11.2. The van der Waals surface area contributed by atoms with Gasteiger partial charge < -0.3 is 4.90 Å². The molecule has 0 spiro atoms. The summed E-state index contributed by atoms with van der Waals surface area (Å²) in [6.07, 6.45) is 1.27. The SMILES string of the molecule is CC(=O)C(C)N(C)CC1CCN(C)C1. The topological polar surface area (TPSA) is 23.6 Å². The van der Waals surface area contributed by atoms with E-state index in [9.17, 15) is 4.79 Å². The van der Waals surface area contributed by atoms with Crippen LogP contribution in [0.3, 0.4) is 0 Å². The van der Waals surface area contributed by atoms with Gasteiger partial charge in [-0.25, -0.2) is 0 Å². The van der Waals surface area contributed by atoms with Crippen molar-refractivity contribution in [3.8, 4) is 0 Å². The molecule has 0 saturated carbocycles. The molecule has 1 fully saturated rings. The molecule has 2 unspecified atom stereocenters. The first-order chi connectivity index (χ1) is 6.50. The van der Waals surface area contributed by atoms with Crippen LogP contribution in [0.25, 0.3) is 0 Å². The van der Waals surface area contributed by atoms with E-state index in [1.54, 1.807) is 6.92 Å². The standard InChI is InChI=1S/C11H22N2O/c1-9(10(2)14)13(4)8-11-5-6-12(3)7-11/h9,11H,5-8H2,1-4H3. The second-order valence-electron chi connectivity index (χ2n) is 4.64. The fourth-order valence-corrected chi connectivity index (χ4v) is 2.05. The Kier molecular flexibility index (Phi) is 4.08. The number of Topliss-reactive ketones (excluding diaryl/α,β-unsaturated/α-hetero) is 1. The third-order valence-electron chi connectivity index (χ3n) is 3.28. The minimum absolute atomic E-state index is 0.0703. The highest BCUT2D eigenvalue weighted by Gasteiger charge is 2.23. The van der Waals surface area contributed by atoms with E-state index in [1.165, 1.54) is 19.5 Å². The lowest BCUT2D eigenvalue weighted by molar-refractivity contribution is -0.121. The predicted molar refractivity (Wildman–Crippen MR) is 58.4 cm³/mol. The molecule has 0 N–H and O–H groups in total. The van der Waals surface area contributed by atoms with Crippen LogP contribution in [-0.4, -0.2) is 55.4 Å². The van der Waals surface area contributed by atoms with Gasteiger partial charge in [-0.15, -0.1) is 0 Å². The number of hydrogen-bond acceptors (Lipinski definition) is 3. The van der Waals surface area contributed by atoms with Crippen molar-refractivity contribution in [2.45, 2.75) is 26.3 Å². The Labute approximate surface area is 87.1 Å². The first kappa shape index (κ1) is 11.7. The van der Waals surface area contributed by atoms with Crippen molar-refractivity contribution >= 4 is 5.78 Å². The highest BCUT2D eigenvalue weighted by Crippen LogP contribution is 2.16. The summed E-state index contributed by atoms with van der Waals surface area (Å²) in [5.74, 6) is 1.01. The monoisotopic (exact) mass is 198 g/mol. The van der Waals surface area contributed by atoms with Crippen molar-refractivity contribution in [3.05, 3.63) is 0 Å². The number of carbonyl (C=O) groups excluding carboxylic acids is 1. The normalized spacial score (nSPS) is 25.6. The van der Waals surface area contributed by atoms with Crippen LogP contribution in [0.1, 0.15) is 20.3 Å². The molecule has 1 rings (SSSR count). The first-order valence-corrected chi connectivity index (χ1v) is 5.40. The largest absolute Gasteiger partial charge is 0.306 e. The fraction of sp³-hybridized carbons (Fsp3) is 0.909. The summed E-state index contributed by atoms with van der Waals surface area (Å²) in [5, 5.41) is 0. The molecule has 82 valence electrons. The van der Waals surface area contributed by atoms with E-state index in [0.29, 0.717) is 0 Å². The van der Waals surface area contributed by atoms with E-state index in [4.69, 9.17) is 0 Å². The molecule has 0 aliphatic carbocycles. The van der Waals surface area contributed by atoms with Crippen LogP contribution in [0.2, 0.25) is 0 Å². The van der Waals surface area contributed by atoms with Crippen LogP contribution in [0.15, 0.2) is 0 Å². The van der Waals surface area contributed by atoms with E-state index in [1.807, 2.05) is 14.0 Å². The maximum Gasteiger partial charge on any atom is 0.146 e. The van der Waals surface area contributed by atoms with Gasteiger partial charge in [-0.1, -0.05) is 0 Å². The second kappa shape index (κ2) is 4.89. The molecular formula is C11H22N2O. The Bertz CT molecular complexity index is 205. The van der Waals surface area contributed by atoms with Gasteiger partial charge in [-0.3, -0.25) is 9.69 Å². The highest BCUT2D eigenvalue weighted by molar-refractivity contribution is 5.80. The van der Waals surface area contributed by atoms with Gasteiger partial charge in [0, 0.05) is 13.1 Å². The minimum atomic E-state index is 0.0703. The summed E-state index contributed by atoms with van der Waals surface area (Å²) in [7, 11) is 4.21. The number of likely N-dealkylation sites (N-methyl/N-ethyl adjacent to an activating group) is 1. The van der Waals surface area contributed by atoms with Gasteiger partial charge in [0.15, 0.2) is 0 Å². The zero-order valence-corrected chi connectivity index (χ0v) is 9.79. The Morgan fingerprint density at radius 3 is 2.71 bits per heavy atom. The molecule has 0 bridgehead atoms. The highest BCUT2D eigenvalue weighted by atomic mass is 16.1. The van der Waals surface area contributed by atoms with E-state index in [2.05, 4.69) is 16.8 Å². The van der Waals surface area contributed by atoms with Crippen LogP contribution >= 0.6 is 0 Å². The first-order valence-electron chi connectivity index (χ1n) is 5.40.